The Kier molecular flexibility index (Phi) is 3.29. The molecule has 0 atom stereocenters. The van der Waals surface area contributed by atoms with Gasteiger partial charge in [0.25, 0.3) is 5.95 Å². The molecule has 1 aliphatic heterocycles. The first-order valence-electron chi connectivity index (χ1n) is 7.58. The molecular formula is C17H16FN5. The van der Waals surface area contributed by atoms with Crippen LogP contribution in [0.2, 0.25) is 0 Å². The van der Waals surface area contributed by atoms with Crippen LogP contribution in [0, 0.1) is 12.7 Å². The van der Waals surface area contributed by atoms with Crippen molar-refractivity contribution in [1.29, 1.82) is 0 Å². The maximum absolute atomic E-state index is 13.3. The topological polar surface area (TPSA) is 46.8 Å². The molecule has 0 aliphatic carbocycles. The van der Waals surface area contributed by atoms with Gasteiger partial charge in [-0.2, -0.15) is 4.68 Å². The predicted molar refractivity (Wildman–Crippen MR) is 85.0 cm³/mol. The first-order chi connectivity index (χ1) is 11.2. The molecule has 0 N–H and O–H groups in total. The summed E-state index contributed by atoms with van der Waals surface area (Å²) in [5.41, 5.74) is 4.31. The van der Waals surface area contributed by atoms with Gasteiger partial charge < -0.3 is 4.90 Å². The Morgan fingerprint density at radius 2 is 1.87 bits per heavy atom. The zero-order chi connectivity index (χ0) is 15.8. The highest BCUT2D eigenvalue weighted by Crippen LogP contribution is 2.24. The molecule has 0 saturated heterocycles. The van der Waals surface area contributed by atoms with Crippen LogP contribution in [0.5, 0.6) is 0 Å². The van der Waals surface area contributed by atoms with Gasteiger partial charge in [-0.1, -0.05) is 28.9 Å². The van der Waals surface area contributed by atoms with Gasteiger partial charge in [0, 0.05) is 13.1 Å². The van der Waals surface area contributed by atoms with E-state index in [1.165, 1.54) is 11.6 Å². The fourth-order valence-electron chi connectivity index (χ4n) is 2.92. The van der Waals surface area contributed by atoms with Crippen LogP contribution in [0.4, 0.5) is 10.3 Å². The molecule has 6 heteroatoms. The van der Waals surface area contributed by atoms with Gasteiger partial charge in [0.1, 0.15) is 5.82 Å². The van der Waals surface area contributed by atoms with Crippen molar-refractivity contribution in [2.75, 3.05) is 11.4 Å². The third-order valence-corrected chi connectivity index (χ3v) is 4.20. The molecule has 0 radical (unpaired) electrons. The van der Waals surface area contributed by atoms with Crippen molar-refractivity contribution in [3.63, 3.8) is 0 Å². The number of hydrogen-bond donors (Lipinski definition) is 0. The number of fused-ring (bicyclic) bond motifs is 1. The van der Waals surface area contributed by atoms with Crippen LogP contribution in [-0.2, 0) is 13.0 Å². The monoisotopic (exact) mass is 309 g/mol. The molecule has 0 bridgehead atoms. The van der Waals surface area contributed by atoms with Crippen molar-refractivity contribution in [3.8, 4) is 5.69 Å². The van der Waals surface area contributed by atoms with Gasteiger partial charge in [0.15, 0.2) is 0 Å². The van der Waals surface area contributed by atoms with Crippen molar-refractivity contribution in [2.45, 2.75) is 19.9 Å². The fourth-order valence-corrected chi connectivity index (χ4v) is 2.92. The zero-order valence-electron chi connectivity index (χ0n) is 12.8. The Hall–Kier alpha value is -2.76. The Balaban J connectivity index is 1.66. The van der Waals surface area contributed by atoms with Crippen LogP contribution >= 0.6 is 0 Å². The second-order valence-corrected chi connectivity index (χ2v) is 5.81. The van der Waals surface area contributed by atoms with E-state index in [1.807, 2.05) is 37.3 Å². The van der Waals surface area contributed by atoms with Crippen LogP contribution in [0.3, 0.4) is 0 Å². The van der Waals surface area contributed by atoms with Gasteiger partial charge in [0.05, 0.1) is 5.69 Å². The first kappa shape index (κ1) is 13.9. The van der Waals surface area contributed by atoms with Crippen LogP contribution in [-0.4, -0.2) is 26.8 Å². The number of rotatable bonds is 2. The molecule has 0 saturated carbocycles. The Morgan fingerprint density at radius 3 is 2.70 bits per heavy atom. The molecule has 3 aromatic rings. The molecule has 0 amide bonds. The molecule has 5 nitrogen and oxygen atoms in total. The highest BCUT2D eigenvalue weighted by molar-refractivity contribution is 5.45. The highest BCUT2D eigenvalue weighted by Gasteiger charge is 2.22. The summed E-state index contributed by atoms with van der Waals surface area (Å²) in [4.78, 5) is 2.13. The average molecular weight is 309 g/mol. The number of benzene rings is 2. The maximum Gasteiger partial charge on any atom is 0.250 e. The minimum Gasteiger partial charge on any atom is -0.335 e. The fraction of sp³-hybridized carbons (Fsp3) is 0.235. The molecule has 23 heavy (non-hydrogen) atoms. The lowest BCUT2D eigenvalue weighted by Crippen LogP contribution is -2.32. The molecule has 0 fully saturated rings. The third kappa shape index (κ3) is 2.56. The number of nitrogens with zero attached hydrogens (tertiary/aromatic N) is 5. The van der Waals surface area contributed by atoms with Gasteiger partial charge >= 0.3 is 0 Å². The number of aryl methyl sites for hydroxylation is 1. The number of tetrazole rings is 1. The van der Waals surface area contributed by atoms with Crippen molar-refractivity contribution in [1.82, 2.24) is 20.2 Å². The Morgan fingerprint density at radius 1 is 1.04 bits per heavy atom. The van der Waals surface area contributed by atoms with E-state index in [2.05, 4.69) is 20.4 Å². The summed E-state index contributed by atoms with van der Waals surface area (Å²) in [6.07, 6.45) is 0.786. The molecule has 2 aromatic carbocycles. The molecule has 1 aromatic heterocycles. The molecule has 2 heterocycles. The first-order valence-corrected chi connectivity index (χ1v) is 7.58. The van der Waals surface area contributed by atoms with Crippen LogP contribution in [0.25, 0.3) is 5.69 Å². The number of halogens is 1. The quantitative estimate of drug-likeness (QED) is 0.730. The van der Waals surface area contributed by atoms with Crippen molar-refractivity contribution in [3.05, 3.63) is 65.0 Å². The number of anilines is 1. The molecular weight excluding hydrogens is 293 g/mol. The average Bonchev–Trinajstić information content (AvgIpc) is 3.04. The molecule has 0 spiro atoms. The predicted octanol–water partition coefficient (Wildman–Crippen LogP) is 2.67. The minimum atomic E-state index is -0.179. The van der Waals surface area contributed by atoms with Crippen LogP contribution < -0.4 is 4.90 Å². The highest BCUT2D eigenvalue weighted by atomic mass is 19.1. The lowest BCUT2D eigenvalue weighted by Gasteiger charge is -2.29. The summed E-state index contributed by atoms with van der Waals surface area (Å²) in [5.74, 6) is 0.533. The van der Waals surface area contributed by atoms with E-state index in [1.54, 1.807) is 10.7 Å². The normalized spacial score (nSPS) is 13.9. The van der Waals surface area contributed by atoms with E-state index >= 15 is 0 Å². The standard InChI is InChI=1S/C17H16FN5/c1-12-2-6-16(7-3-12)23-17(19-20-21-23)22-9-8-13-10-15(18)5-4-14(13)11-22/h2-7,10H,8-9,11H2,1H3. The molecule has 4 rings (SSSR count). The van der Waals surface area contributed by atoms with Gasteiger partial charge in [-0.3, -0.25) is 0 Å². The molecule has 116 valence electrons. The summed E-state index contributed by atoms with van der Waals surface area (Å²) >= 11 is 0. The molecule has 0 unspecified atom stereocenters. The van der Waals surface area contributed by atoms with Crippen LogP contribution in [0.1, 0.15) is 16.7 Å². The summed E-state index contributed by atoms with van der Waals surface area (Å²) < 4.78 is 15.1. The second-order valence-electron chi connectivity index (χ2n) is 5.81. The Labute approximate surface area is 133 Å². The van der Waals surface area contributed by atoms with Gasteiger partial charge in [0.2, 0.25) is 0 Å². The van der Waals surface area contributed by atoms with E-state index in [0.717, 1.165) is 29.8 Å². The maximum atomic E-state index is 13.3. The van der Waals surface area contributed by atoms with E-state index < -0.39 is 0 Å². The largest absolute Gasteiger partial charge is 0.335 e. The number of hydrogen-bond acceptors (Lipinski definition) is 4. The summed E-state index contributed by atoms with van der Waals surface area (Å²) in [7, 11) is 0. The summed E-state index contributed by atoms with van der Waals surface area (Å²) in [6, 6.07) is 13.0. The van der Waals surface area contributed by atoms with E-state index in [9.17, 15) is 4.39 Å². The lowest BCUT2D eigenvalue weighted by molar-refractivity contribution is 0.617. The second kappa shape index (κ2) is 5.46. The Bertz CT molecular complexity index is 840. The minimum absolute atomic E-state index is 0.179. The van der Waals surface area contributed by atoms with Crippen molar-refractivity contribution >= 4 is 5.95 Å². The van der Waals surface area contributed by atoms with Crippen molar-refractivity contribution in [2.24, 2.45) is 0 Å². The van der Waals surface area contributed by atoms with Crippen LogP contribution in [0.15, 0.2) is 42.5 Å². The SMILES string of the molecule is Cc1ccc(-n2nnnc2N2CCc3cc(F)ccc3C2)cc1. The zero-order valence-corrected chi connectivity index (χ0v) is 12.8. The van der Waals surface area contributed by atoms with Gasteiger partial charge in [-0.25, -0.2) is 4.39 Å². The van der Waals surface area contributed by atoms with Crippen molar-refractivity contribution < 1.29 is 4.39 Å². The van der Waals surface area contributed by atoms with Gasteiger partial charge in [-0.05, 0) is 59.2 Å². The summed E-state index contributed by atoms with van der Waals surface area (Å²) in [5, 5.41) is 12.1. The lowest BCUT2D eigenvalue weighted by atomic mass is 10.00. The van der Waals surface area contributed by atoms with E-state index in [-0.39, 0.29) is 5.82 Å². The molecule has 1 aliphatic rings. The van der Waals surface area contributed by atoms with E-state index in [4.69, 9.17) is 0 Å². The number of aromatic nitrogens is 4. The van der Waals surface area contributed by atoms with E-state index in [0.29, 0.717) is 12.5 Å². The summed E-state index contributed by atoms with van der Waals surface area (Å²) in [6.45, 7) is 3.50. The van der Waals surface area contributed by atoms with Gasteiger partial charge in [-0.15, -0.1) is 0 Å². The smallest absolute Gasteiger partial charge is 0.250 e. The third-order valence-electron chi connectivity index (χ3n) is 4.20.